The van der Waals surface area contributed by atoms with Gasteiger partial charge in [-0.05, 0) is 0 Å². The Morgan fingerprint density at radius 3 is 1.05 bits per heavy atom. The Labute approximate surface area is 118 Å². The fourth-order valence-electron chi connectivity index (χ4n) is 3.75. The monoisotopic (exact) mass is 320 g/mol. The third kappa shape index (κ3) is 1.04. The molecule has 1 aliphatic rings. The molecule has 121 valence electrons. The molecule has 4 heteroatoms. The van der Waals surface area contributed by atoms with Crippen molar-refractivity contribution in [2.75, 3.05) is 42.3 Å². The molecule has 0 unspecified atom stereocenters. The SMILES string of the molecule is C[N](C)[Ti]([CH3])([CH3])([CH3])([CH3])([CH3])([CH]1C=CC=C1)([N](C)C)[N](C)C. The van der Waals surface area contributed by atoms with E-state index in [1.807, 2.05) is 0 Å². The number of nitrogens with zero attached hydrogens (tertiary/aromatic N) is 3. The Hall–Kier alpha value is 0.0743. The van der Waals surface area contributed by atoms with Crippen molar-refractivity contribution in [2.45, 2.75) is 30.4 Å². The Bertz CT molecular complexity index is 544. The normalized spacial score (nSPS) is 27.8. The second-order valence-corrected chi connectivity index (χ2v) is 52.4. The van der Waals surface area contributed by atoms with Crippen LogP contribution in [0.1, 0.15) is 0 Å². The molecule has 0 atom stereocenters. The molecule has 0 aromatic rings. The van der Waals surface area contributed by atoms with E-state index in [4.69, 9.17) is 0 Å². The first kappa shape index (κ1) is 18.1. The molecule has 1 aliphatic carbocycles. The first-order valence-electron chi connectivity index (χ1n) is 7.81. The first-order valence-corrected chi connectivity index (χ1v) is 18.6. The third-order valence-electron chi connectivity index (χ3n) is 11.5. The molecule has 1 rings (SSSR count). The van der Waals surface area contributed by atoms with E-state index in [1.165, 1.54) is 0 Å². The zero-order chi connectivity index (χ0) is 16.5. The number of hydrogen-bond donors (Lipinski definition) is 0. The van der Waals surface area contributed by atoms with Crippen LogP contribution in [0.3, 0.4) is 0 Å². The van der Waals surface area contributed by atoms with Gasteiger partial charge in [0.25, 0.3) is 0 Å². The quantitative estimate of drug-likeness (QED) is 0.711. The van der Waals surface area contributed by atoms with Crippen LogP contribution >= 0.6 is 0 Å². The molecule has 0 fully saturated rings. The Kier molecular flexibility index (Phi) is 2.08. The third-order valence-corrected chi connectivity index (χ3v) is 45.9. The molecule has 0 saturated carbocycles. The molecule has 0 bridgehead atoms. The molecule has 0 amide bonds. The van der Waals surface area contributed by atoms with Crippen molar-refractivity contribution < 1.29 is 10.9 Å². The van der Waals surface area contributed by atoms with Crippen LogP contribution in [0.15, 0.2) is 24.3 Å². The summed E-state index contributed by atoms with van der Waals surface area (Å²) in [6.07, 6.45) is 9.10. The average Bonchev–Trinajstić information content (AvgIpc) is 2.70. The Morgan fingerprint density at radius 1 is 0.600 bits per heavy atom. The van der Waals surface area contributed by atoms with Gasteiger partial charge in [0.15, 0.2) is 0 Å². The van der Waals surface area contributed by atoms with Crippen LogP contribution in [0, 0.1) is 0 Å². The van der Waals surface area contributed by atoms with E-state index in [-0.39, 0.29) is 4.22 Å². The molecule has 3 nitrogen and oxygen atoms in total. The van der Waals surface area contributed by atoms with Crippen molar-refractivity contribution in [1.29, 1.82) is 0 Å². The molecule has 0 heterocycles. The van der Waals surface area contributed by atoms with Gasteiger partial charge in [0.1, 0.15) is 0 Å². The predicted molar refractivity (Wildman–Crippen MR) is 92.4 cm³/mol. The summed E-state index contributed by atoms with van der Waals surface area (Å²) in [5.74, 6) is 0. The molecule has 0 aromatic carbocycles. The fourth-order valence-corrected chi connectivity index (χ4v) is 14.4. The summed E-state index contributed by atoms with van der Waals surface area (Å²) in [5, 5.41) is 12.6. The molecule has 0 N–H and O–H groups in total. The molecule has 0 spiro atoms. The maximum atomic E-state index is 2.52. The van der Waals surface area contributed by atoms with Gasteiger partial charge in [-0.25, -0.2) is 0 Å². The van der Waals surface area contributed by atoms with Gasteiger partial charge in [0, 0.05) is 0 Å². The molecule has 0 radical (unpaired) electrons. The van der Waals surface area contributed by atoms with Gasteiger partial charge < -0.3 is 0 Å². The summed E-state index contributed by atoms with van der Waals surface area (Å²) >= 11 is 0. The van der Waals surface area contributed by atoms with Gasteiger partial charge in [-0.2, -0.15) is 0 Å². The number of hydrogen-bond acceptors (Lipinski definition) is 3. The standard InChI is InChI=1S/C5H5.3C2H6N.5CH3.Ti/c1-2-4-5-3-1;3*1-3-2;;;;;;/h1-5H;3*1-2H3;5*1H3;/q;3*-1;;;;;;+3. The van der Waals surface area contributed by atoms with Crippen molar-refractivity contribution in [3.05, 3.63) is 24.3 Å². The van der Waals surface area contributed by atoms with Gasteiger partial charge in [0.2, 0.25) is 0 Å². The maximum absolute atomic E-state index is 5.41. The van der Waals surface area contributed by atoms with Crippen molar-refractivity contribution in [1.82, 2.24) is 10.1 Å². The summed E-state index contributed by atoms with van der Waals surface area (Å²) in [7, 11) is 8.02. The van der Waals surface area contributed by atoms with Gasteiger partial charge in [-0.15, -0.1) is 0 Å². The van der Waals surface area contributed by atoms with Gasteiger partial charge in [-0.1, -0.05) is 0 Å². The number of allylic oxidation sites excluding steroid dienone is 4. The van der Waals surface area contributed by atoms with E-state index in [0.717, 1.165) is 0 Å². The average molecular weight is 320 g/mol. The van der Waals surface area contributed by atoms with Gasteiger partial charge >= 0.3 is 118 Å². The molecular formula is C16H38N3Ti. The summed E-state index contributed by atoms with van der Waals surface area (Å²) in [6.45, 7) is 0. The van der Waals surface area contributed by atoms with E-state index in [9.17, 15) is 0 Å². The molecule has 0 aliphatic heterocycles. The molecule has 20 heavy (non-hydrogen) atoms. The van der Waals surface area contributed by atoms with Gasteiger partial charge in [0.05, 0.1) is 0 Å². The van der Waals surface area contributed by atoms with E-state index in [1.54, 1.807) is 0 Å². The summed E-state index contributed by atoms with van der Waals surface area (Å²) in [6, 6.07) is 0. The summed E-state index contributed by atoms with van der Waals surface area (Å²) < 4.78 is 7.84. The van der Waals surface area contributed by atoms with E-state index < -0.39 is 10.9 Å². The van der Waals surface area contributed by atoms with Crippen LogP contribution in [-0.2, 0) is 10.9 Å². The Balaban J connectivity index is 4.51. The summed E-state index contributed by atoms with van der Waals surface area (Å²) in [5.41, 5.74) is 0. The van der Waals surface area contributed by atoms with Crippen molar-refractivity contribution >= 4 is 0 Å². The fraction of sp³-hybridized carbons (Fsp3) is 0.750. The van der Waals surface area contributed by atoms with E-state index >= 15 is 0 Å². The van der Waals surface area contributed by atoms with Crippen LogP contribution in [0.2, 0.25) is 30.4 Å². The molecular weight excluding hydrogens is 282 g/mol. The second kappa shape index (κ2) is 2.30. The van der Waals surface area contributed by atoms with Crippen molar-refractivity contribution in [2.24, 2.45) is 0 Å². The second-order valence-electron chi connectivity index (χ2n) is 14.5. The van der Waals surface area contributed by atoms with Crippen LogP contribution in [-0.4, -0.2) is 52.4 Å². The predicted octanol–water partition coefficient (Wildman–Crippen LogP) is 4.40. The van der Waals surface area contributed by atoms with Gasteiger partial charge in [-0.3, -0.25) is 0 Å². The van der Waals surface area contributed by atoms with E-state index in [0.29, 0.717) is 0 Å². The first-order chi connectivity index (χ1) is 8.22. The summed E-state index contributed by atoms with van der Waals surface area (Å²) in [4.78, 5) is 0. The zero-order valence-corrected chi connectivity index (χ0v) is 17.3. The zero-order valence-electron chi connectivity index (χ0n) is 15.7. The van der Waals surface area contributed by atoms with Crippen LogP contribution in [0.25, 0.3) is 0 Å². The van der Waals surface area contributed by atoms with Crippen molar-refractivity contribution in [3.8, 4) is 0 Å². The van der Waals surface area contributed by atoms with Crippen molar-refractivity contribution in [3.63, 3.8) is 0 Å². The van der Waals surface area contributed by atoms with Crippen LogP contribution in [0.5, 0.6) is 0 Å². The Morgan fingerprint density at radius 2 is 0.850 bits per heavy atom. The molecule has 0 saturated heterocycles. The van der Waals surface area contributed by atoms with Crippen LogP contribution < -0.4 is 0 Å². The topological polar surface area (TPSA) is 9.72 Å². The van der Waals surface area contributed by atoms with Crippen LogP contribution in [0.4, 0.5) is 0 Å². The number of rotatable bonds is 4. The molecule has 0 aromatic heterocycles. The minimum atomic E-state index is -5.41. The minimum absolute atomic E-state index is 0.287. The van der Waals surface area contributed by atoms with E-state index in [2.05, 4.69) is 103 Å².